The van der Waals surface area contributed by atoms with E-state index in [1.54, 1.807) is 98.8 Å². The number of carboxylic acid groups (broad SMARTS) is 2. The summed E-state index contributed by atoms with van der Waals surface area (Å²) in [4.78, 5) is 107. The fraction of sp³-hybridized carbons (Fsp3) is 0.550. The smallest absolute Gasteiger partial charge is 0.480 e. The third-order valence-corrected chi connectivity index (χ3v) is 22.3. The van der Waals surface area contributed by atoms with Crippen LogP contribution in [-0.2, 0) is 97.1 Å². The van der Waals surface area contributed by atoms with E-state index in [0.29, 0.717) is 16.2 Å². The summed E-state index contributed by atoms with van der Waals surface area (Å²) in [5.74, 6) is -17.9. The van der Waals surface area contributed by atoms with Crippen molar-refractivity contribution in [1.29, 1.82) is 0 Å². The standard InChI is InChI=1S/C17H20F2N2O5S.C13H13F2NO4.C12H11NO5.C9H14F2N2O3S.C5H7F2NO2.C4H9NO2S/c1-15(10-27(24,25)11-15)20-13(22)16(8-17(18,19)9-16)21-14(23)26-7-12-5-3-2-4-6-12;14-13(15)7-12(8-13,10(17)18)16-11(19)20-6-9-4-2-1-3-5-9;14-10-6-7-11(15)13(10)18-12(16)17-8-9-4-2-1-3-5-9;1-7(4-17(15,16)5-7)13-6(14)8(12)2-9(10,11)3-8;6-5(7)1-4(8,2-5)3(9)10;1-4(5)2-8(6,7)3-4/h2-6H,7-11H2,1H3,(H,20,22)(H,21,23);1-5H,6-8H2,(H,16,19)(H,17,18);1-5H,6-8H2;2-5,12H2,1H3,(H,13,14);1-2,8H2,(H,9,10);2-3,5H2,1H3. The van der Waals surface area contributed by atoms with Crippen molar-refractivity contribution in [1.82, 2.24) is 26.3 Å². The number of carbonyl (C=O) groups is 9. The number of hydrogen-bond donors (Lipinski definition) is 9. The molecule has 4 aliphatic carbocycles. The molecule has 6 amide bonds. The Bertz CT molecular complexity index is 3850. The molecule has 40 heteroatoms. The third kappa shape index (κ3) is 22.8. The van der Waals surface area contributed by atoms with Gasteiger partial charge in [-0.25, -0.2) is 79.6 Å². The van der Waals surface area contributed by atoms with E-state index in [4.69, 9.17) is 41.6 Å². The van der Waals surface area contributed by atoms with E-state index in [1.165, 1.54) is 6.92 Å². The minimum atomic E-state index is -3.23. The van der Waals surface area contributed by atoms with Crippen molar-refractivity contribution >= 4 is 83.4 Å². The lowest BCUT2D eigenvalue weighted by Gasteiger charge is -2.48. The second kappa shape index (κ2) is 29.7. The molecule has 4 saturated heterocycles. The first-order chi connectivity index (χ1) is 45.7. The van der Waals surface area contributed by atoms with Gasteiger partial charge in [-0.05, 0) is 37.5 Å². The van der Waals surface area contributed by atoms with Crippen LogP contribution in [-0.4, -0.2) is 191 Å². The zero-order valence-corrected chi connectivity index (χ0v) is 56.1. The summed E-state index contributed by atoms with van der Waals surface area (Å²) in [5, 5.41) is 26.9. The zero-order valence-electron chi connectivity index (χ0n) is 53.7. The predicted octanol–water partition coefficient (Wildman–Crippen LogP) is 3.70. The van der Waals surface area contributed by atoms with Crippen LogP contribution in [0.15, 0.2) is 91.0 Å². The summed E-state index contributed by atoms with van der Waals surface area (Å²) in [5.41, 5.74) is 8.88. The number of alkyl carbamates (subject to hydrolysis) is 2. The number of halogens is 8. The van der Waals surface area contributed by atoms with Crippen LogP contribution in [0.4, 0.5) is 49.5 Å². The number of hydrogen-bond acceptors (Lipinski definition) is 22. The van der Waals surface area contributed by atoms with Crippen molar-refractivity contribution in [3.63, 3.8) is 0 Å². The maximum atomic E-state index is 13.5. The summed E-state index contributed by atoms with van der Waals surface area (Å²) >= 11 is 0. The van der Waals surface area contributed by atoms with Crippen LogP contribution in [0.1, 0.15) is 102 Å². The molecule has 8 aliphatic rings. The first-order valence-electron chi connectivity index (χ1n) is 30.0. The first-order valence-corrected chi connectivity index (χ1v) is 35.4. The van der Waals surface area contributed by atoms with Gasteiger partial charge in [0.2, 0.25) is 11.8 Å². The molecule has 0 atom stereocenters. The van der Waals surface area contributed by atoms with Gasteiger partial charge in [0.1, 0.15) is 36.4 Å². The Morgan fingerprint density at radius 3 is 1.04 bits per heavy atom. The summed E-state index contributed by atoms with van der Waals surface area (Å²) in [6.45, 7) is 4.72. The van der Waals surface area contributed by atoms with Crippen LogP contribution < -0.4 is 38.5 Å². The van der Waals surface area contributed by atoms with Crippen molar-refractivity contribution in [2.45, 2.75) is 167 Å². The van der Waals surface area contributed by atoms with Crippen molar-refractivity contribution in [3.8, 4) is 0 Å². The number of nitrogens with two attached hydrogens (primary N) is 3. The van der Waals surface area contributed by atoms with Crippen LogP contribution in [0.25, 0.3) is 0 Å². The molecule has 0 bridgehead atoms. The topological polar surface area (TPSA) is 463 Å². The van der Waals surface area contributed by atoms with Crippen molar-refractivity contribution in [3.05, 3.63) is 108 Å². The van der Waals surface area contributed by atoms with E-state index >= 15 is 0 Å². The molecule has 100 heavy (non-hydrogen) atoms. The third-order valence-electron chi connectivity index (χ3n) is 15.8. The Labute approximate surface area is 566 Å². The maximum absolute atomic E-state index is 13.5. The van der Waals surface area contributed by atoms with E-state index in [0.717, 1.165) is 5.56 Å². The molecule has 29 nitrogen and oxygen atoms in total. The van der Waals surface area contributed by atoms with Crippen LogP contribution >= 0.6 is 0 Å². The lowest BCUT2D eigenvalue weighted by atomic mass is 9.72. The predicted molar refractivity (Wildman–Crippen MR) is 331 cm³/mol. The van der Waals surface area contributed by atoms with E-state index in [-0.39, 0.29) is 67.2 Å². The second-order valence-electron chi connectivity index (χ2n) is 26.8. The number of carboxylic acids is 2. The number of aliphatic carboxylic acids is 2. The Balaban J connectivity index is 0.000000196. The van der Waals surface area contributed by atoms with Crippen LogP contribution in [0.3, 0.4) is 0 Å². The fourth-order valence-corrected chi connectivity index (χ4v) is 17.4. The number of rotatable bonds is 15. The number of amides is 6. The number of nitrogens with one attached hydrogen (secondary N) is 4. The van der Waals surface area contributed by atoms with Crippen LogP contribution in [0, 0.1) is 0 Å². The number of benzene rings is 3. The molecule has 3 aromatic rings. The van der Waals surface area contributed by atoms with E-state index in [2.05, 4.69) is 20.8 Å². The van der Waals surface area contributed by atoms with Gasteiger partial charge in [0.05, 0.1) is 45.6 Å². The number of imide groups is 1. The highest BCUT2D eigenvalue weighted by atomic mass is 32.2. The summed E-state index contributed by atoms with van der Waals surface area (Å²) < 4.78 is 182. The molecule has 0 unspecified atom stereocenters. The highest BCUT2D eigenvalue weighted by Crippen LogP contribution is 2.48. The highest BCUT2D eigenvalue weighted by molar-refractivity contribution is 7.93. The summed E-state index contributed by atoms with van der Waals surface area (Å²) in [7, 11) is -9.04. The molecular formula is C60H74F8N8O21S3. The summed E-state index contributed by atoms with van der Waals surface area (Å²) in [6, 6.07) is 26.5. The SMILES string of the molecule is CC1(N)CS(=O)(=O)C1.CC1(NC(=O)C2(N)CC(F)(F)C2)CS(=O)(=O)C1.CC1(NC(=O)C2(NC(=O)OCc3ccccc3)CC(F)(F)C2)CS(=O)(=O)C1.NC1(C(=O)O)CC(F)(F)C1.O=C(NC1(C(=O)O)CC(F)(F)C1)OCc1ccccc1.O=C(OCc1ccccc1)ON1C(=O)CCC1=O. The van der Waals surface area contributed by atoms with Crippen LogP contribution in [0.2, 0.25) is 0 Å². The number of ether oxygens (including phenoxy) is 3. The number of carbonyl (C=O) groups excluding carboxylic acids is 7. The quantitative estimate of drug-likeness (QED) is 0.0453. The number of hydroxylamine groups is 2. The van der Waals surface area contributed by atoms with Gasteiger partial charge in [-0.3, -0.25) is 28.8 Å². The van der Waals surface area contributed by atoms with Gasteiger partial charge < -0.3 is 62.9 Å². The molecule has 11 rings (SSSR count). The molecule has 554 valence electrons. The van der Waals surface area contributed by atoms with Crippen LogP contribution in [0.5, 0.6) is 0 Å². The van der Waals surface area contributed by atoms with Gasteiger partial charge in [0, 0.05) is 69.7 Å². The molecule has 4 heterocycles. The molecule has 4 aliphatic heterocycles. The van der Waals surface area contributed by atoms with Gasteiger partial charge in [-0.1, -0.05) is 96.1 Å². The molecule has 0 aromatic heterocycles. The average molecular weight is 1490 g/mol. The lowest BCUT2D eigenvalue weighted by molar-refractivity contribution is -0.177. The Morgan fingerprint density at radius 2 is 0.750 bits per heavy atom. The molecule has 0 radical (unpaired) electrons. The monoisotopic (exact) mass is 1490 g/mol. The number of nitrogens with zero attached hydrogens (tertiary/aromatic N) is 1. The molecule has 4 saturated carbocycles. The summed E-state index contributed by atoms with van der Waals surface area (Å²) in [6.07, 6.45) is -9.38. The van der Waals surface area contributed by atoms with E-state index in [9.17, 15) is 104 Å². The minimum Gasteiger partial charge on any atom is -0.480 e. The molecule has 12 N–H and O–H groups in total. The number of sulfone groups is 3. The van der Waals surface area contributed by atoms with Gasteiger partial charge in [0.25, 0.3) is 35.5 Å². The van der Waals surface area contributed by atoms with Crippen molar-refractivity contribution < 1.29 is 133 Å². The van der Waals surface area contributed by atoms with Crippen molar-refractivity contribution in [2.75, 3.05) is 34.5 Å². The molecular weight excluding hydrogens is 1420 g/mol. The Morgan fingerprint density at radius 1 is 0.440 bits per heavy atom. The maximum Gasteiger partial charge on any atom is 0.534 e. The van der Waals surface area contributed by atoms with Gasteiger partial charge in [0.15, 0.2) is 35.1 Å². The van der Waals surface area contributed by atoms with E-state index < -0.39 is 197 Å². The molecule has 8 fully saturated rings. The van der Waals surface area contributed by atoms with Crippen molar-refractivity contribution in [2.24, 2.45) is 17.2 Å². The Hall–Kier alpha value is -8.34. The highest BCUT2D eigenvalue weighted by Gasteiger charge is 2.65. The van der Waals surface area contributed by atoms with Gasteiger partial charge in [-0.15, -0.1) is 0 Å². The van der Waals surface area contributed by atoms with Gasteiger partial charge >= 0.3 is 30.3 Å². The normalized spacial score (nSPS) is 23.1. The molecule has 3 aromatic carbocycles. The number of alkyl halides is 8. The van der Waals surface area contributed by atoms with E-state index in [1.807, 2.05) is 11.4 Å². The first kappa shape index (κ1) is 80.6. The second-order valence-corrected chi connectivity index (χ2v) is 33.0. The van der Waals surface area contributed by atoms with Gasteiger partial charge in [-0.2, -0.15) is 0 Å². The zero-order chi connectivity index (χ0) is 75.2. The largest absolute Gasteiger partial charge is 0.534 e. The average Bonchev–Trinajstić information content (AvgIpc) is 1.15. The molecule has 0 spiro atoms. The minimum absolute atomic E-state index is 0.0237. The Kier molecular flexibility index (Phi) is 23.9. The fourth-order valence-electron chi connectivity index (χ4n) is 11.5. The lowest BCUT2D eigenvalue weighted by Crippen LogP contribution is -2.74.